The average molecular weight is 385 g/mol. The number of hydrogen-bond acceptors (Lipinski definition) is 4. The van der Waals surface area contributed by atoms with Crippen molar-refractivity contribution < 1.29 is 17.9 Å². The normalized spacial score (nSPS) is 14.9. The van der Waals surface area contributed by atoms with E-state index in [1.54, 1.807) is 31.4 Å². The second-order valence-electron chi connectivity index (χ2n) is 6.38. The lowest BCUT2D eigenvalue weighted by atomic mass is 10.0. The van der Waals surface area contributed by atoms with Gasteiger partial charge in [0.05, 0.1) is 11.4 Å². The van der Waals surface area contributed by atoms with E-state index in [0.29, 0.717) is 12.2 Å². The largest absolute Gasteiger partial charge is 0.467 e. The van der Waals surface area contributed by atoms with Crippen molar-refractivity contribution in [2.24, 2.45) is 0 Å². The van der Waals surface area contributed by atoms with Crippen LogP contribution in [0.3, 0.4) is 0 Å². The molecule has 1 aliphatic rings. The van der Waals surface area contributed by atoms with E-state index in [1.807, 2.05) is 25.1 Å². The van der Waals surface area contributed by atoms with Crippen molar-refractivity contribution in [2.75, 3.05) is 20.4 Å². The first-order valence-corrected chi connectivity index (χ1v) is 10.2. The highest BCUT2D eigenvalue weighted by Gasteiger charge is 2.26. The highest BCUT2D eigenvalue weighted by Crippen LogP contribution is 2.28. The smallest absolute Gasteiger partial charge is 0.244 e. The number of sulfonamides is 1. The molecule has 27 heavy (non-hydrogen) atoms. The summed E-state index contributed by atoms with van der Waals surface area (Å²) < 4.78 is 38.5. The molecule has 0 radical (unpaired) electrons. The maximum atomic E-state index is 13.2. The molecule has 0 atom stereocenters. The van der Waals surface area contributed by atoms with Crippen LogP contribution in [0.25, 0.3) is 0 Å². The molecule has 2 aromatic carbocycles. The minimum Gasteiger partial charge on any atom is -0.467 e. The Morgan fingerprint density at radius 2 is 1.89 bits per heavy atom. The summed E-state index contributed by atoms with van der Waals surface area (Å²) in [5.74, 6) is 6.70. The predicted molar refractivity (Wildman–Crippen MR) is 104 cm³/mol. The summed E-state index contributed by atoms with van der Waals surface area (Å²) in [7, 11) is -2.12. The minimum absolute atomic E-state index is 0.109. The van der Waals surface area contributed by atoms with E-state index in [-0.39, 0.29) is 24.8 Å². The van der Waals surface area contributed by atoms with Gasteiger partial charge in [-0.15, -0.1) is 5.92 Å². The molecule has 0 aromatic heterocycles. The summed E-state index contributed by atoms with van der Waals surface area (Å²) in [5.41, 5.74) is 2.92. The first-order chi connectivity index (χ1) is 13.0. The maximum Gasteiger partial charge on any atom is 0.244 e. The van der Waals surface area contributed by atoms with E-state index >= 15 is 0 Å². The molecule has 0 amide bonds. The van der Waals surface area contributed by atoms with Gasteiger partial charge in [0.25, 0.3) is 0 Å². The van der Waals surface area contributed by atoms with E-state index < -0.39 is 10.0 Å². The van der Waals surface area contributed by atoms with Crippen molar-refractivity contribution in [1.82, 2.24) is 4.31 Å². The van der Waals surface area contributed by atoms with Gasteiger partial charge in [-0.2, -0.15) is 4.31 Å². The van der Waals surface area contributed by atoms with Gasteiger partial charge in [-0.3, -0.25) is 0 Å². The first kappa shape index (κ1) is 19.4. The van der Waals surface area contributed by atoms with E-state index in [4.69, 9.17) is 9.47 Å². The van der Waals surface area contributed by atoms with Gasteiger partial charge >= 0.3 is 0 Å². The van der Waals surface area contributed by atoms with Crippen LogP contribution in [-0.4, -0.2) is 33.2 Å². The van der Waals surface area contributed by atoms with Crippen LogP contribution in [0, 0.1) is 18.8 Å². The third-order valence-electron chi connectivity index (χ3n) is 4.46. The number of aryl methyl sites for hydroxylation is 2. The van der Waals surface area contributed by atoms with Crippen LogP contribution < -0.4 is 4.74 Å². The van der Waals surface area contributed by atoms with Gasteiger partial charge < -0.3 is 9.47 Å². The maximum absolute atomic E-state index is 13.2. The van der Waals surface area contributed by atoms with Gasteiger partial charge in [-0.25, -0.2) is 8.42 Å². The quantitative estimate of drug-likeness (QED) is 0.586. The van der Waals surface area contributed by atoms with Crippen molar-refractivity contribution >= 4 is 10.0 Å². The number of hydrogen-bond donors (Lipinski definition) is 0. The molecular weight excluding hydrogens is 362 g/mol. The molecule has 1 heterocycles. The van der Waals surface area contributed by atoms with Crippen LogP contribution in [0.5, 0.6) is 5.75 Å². The Morgan fingerprint density at radius 3 is 2.63 bits per heavy atom. The fraction of sp³-hybridized carbons (Fsp3) is 0.333. The van der Waals surface area contributed by atoms with Crippen LogP contribution in [0.2, 0.25) is 0 Å². The molecule has 0 unspecified atom stereocenters. The Balaban J connectivity index is 2.01. The summed E-state index contributed by atoms with van der Waals surface area (Å²) in [4.78, 5) is 0.269. The highest BCUT2D eigenvalue weighted by atomic mass is 32.2. The molecular formula is C21H23NO4S. The van der Waals surface area contributed by atoms with Crippen molar-refractivity contribution in [3.8, 4) is 17.6 Å². The van der Waals surface area contributed by atoms with Crippen LogP contribution in [0.15, 0.2) is 47.4 Å². The van der Waals surface area contributed by atoms with Crippen LogP contribution in [0.4, 0.5) is 0 Å². The SMILES string of the molecule is COCOc1cccc2c1CN(S(=O)(=O)c1ccc(C)cc1)CC#CCC2. The number of ether oxygens (including phenoxy) is 2. The van der Waals surface area contributed by atoms with E-state index in [2.05, 4.69) is 11.8 Å². The Kier molecular flexibility index (Phi) is 6.17. The third kappa shape index (κ3) is 4.51. The Bertz CT molecular complexity index is 956. The molecule has 1 aliphatic heterocycles. The Morgan fingerprint density at radius 1 is 1.11 bits per heavy atom. The molecule has 6 heteroatoms. The molecule has 0 N–H and O–H groups in total. The lowest BCUT2D eigenvalue weighted by Crippen LogP contribution is -2.31. The second-order valence-corrected chi connectivity index (χ2v) is 8.32. The zero-order chi connectivity index (χ0) is 19.3. The summed E-state index contributed by atoms with van der Waals surface area (Å²) in [5, 5.41) is 0. The lowest BCUT2D eigenvalue weighted by Gasteiger charge is -2.23. The lowest BCUT2D eigenvalue weighted by molar-refractivity contribution is 0.0501. The monoisotopic (exact) mass is 385 g/mol. The molecule has 0 bridgehead atoms. The molecule has 0 saturated carbocycles. The van der Waals surface area contributed by atoms with Gasteiger partial charge in [0, 0.05) is 25.6 Å². The number of fused-ring (bicyclic) bond motifs is 1. The van der Waals surface area contributed by atoms with Crippen molar-refractivity contribution in [3.63, 3.8) is 0 Å². The predicted octanol–water partition coefficient (Wildman–Crippen LogP) is 3.12. The van der Waals surface area contributed by atoms with Crippen LogP contribution in [-0.2, 0) is 27.7 Å². The van der Waals surface area contributed by atoms with E-state index in [9.17, 15) is 8.42 Å². The Labute approximate surface area is 161 Å². The Hall–Kier alpha value is -2.33. The van der Waals surface area contributed by atoms with Crippen molar-refractivity contribution in [1.29, 1.82) is 0 Å². The zero-order valence-corrected chi connectivity index (χ0v) is 16.4. The minimum atomic E-state index is -3.67. The summed E-state index contributed by atoms with van der Waals surface area (Å²) >= 11 is 0. The molecule has 0 fully saturated rings. The first-order valence-electron chi connectivity index (χ1n) is 8.77. The summed E-state index contributed by atoms with van der Waals surface area (Å²) in [6.07, 6.45) is 1.43. The average Bonchev–Trinajstić information content (AvgIpc) is 2.77. The molecule has 2 aromatic rings. The standard InChI is InChI=1S/C21H23NO4S/c1-17-10-12-19(13-11-17)27(23,24)22-14-5-3-4-7-18-8-6-9-21(20(18)15-22)26-16-25-2/h6,8-13H,4,7,14-16H2,1-2H3. The number of benzene rings is 2. The van der Waals surface area contributed by atoms with Gasteiger partial charge in [0.15, 0.2) is 6.79 Å². The van der Waals surface area contributed by atoms with Gasteiger partial charge in [-0.05, 0) is 37.1 Å². The third-order valence-corrected chi connectivity index (χ3v) is 6.26. The second kappa shape index (κ2) is 8.57. The molecule has 3 rings (SSSR count). The van der Waals surface area contributed by atoms with Crippen LogP contribution in [0.1, 0.15) is 23.1 Å². The fourth-order valence-corrected chi connectivity index (χ4v) is 4.29. The number of rotatable bonds is 5. The van der Waals surface area contributed by atoms with E-state index in [0.717, 1.165) is 23.1 Å². The van der Waals surface area contributed by atoms with Gasteiger partial charge in [0.1, 0.15) is 5.75 Å². The van der Waals surface area contributed by atoms with Crippen molar-refractivity contribution in [3.05, 3.63) is 59.2 Å². The zero-order valence-electron chi connectivity index (χ0n) is 15.6. The molecule has 0 spiro atoms. The van der Waals surface area contributed by atoms with Gasteiger partial charge in [-0.1, -0.05) is 35.7 Å². The summed E-state index contributed by atoms with van der Waals surface area (Å²) in [6, 6.07) is 12.6. The molecule has 5 nitrogen and oxygen atoms in total. The highest BCUT2D eigenvalue weighted by molar-refractivity contribution is 7.89. The number of methoxy groups -OCH3 is 1. The van der Waals surface area contributed by atoms with Crippen molar-refractivity contribution in [2.45, 2.75) is 31.2 Å². The number of nitrogens with zero attached hydrogens (tertiary/aromatic N) is 1. The fourth-order valence-electron chi connectivity index (χ4n) is 2.97. The molecule has 142 valence electrons. The molecule has 0 saturated heterocycles. The summed E-state index contributed by atoms with van der Waals surface area (Å²) in [6.45, 7) is 2.39. The molecule has 0 aliphatic carbocycles. The topological polar surface area (TPSA) is 55.8 Å². The van der Waals surface area contributed by atoms with Gasteiger partial charge in [0.2, 0.25) is 10.0 Å². The van der Waals surface area contributed by atoms with E-state index in [1.165, 1.54) is 4.31 Å². The van der Waals surface area contributed by atoms with Crippen LogP contribution >= 0.6 is 0 Å².